The first-order chi connectivity index (χ1) is 9.22. The van der Waals surface area contributed by atoms with E-state index in [4.69, 9.17) is 0 Å². The first-order valence-corrected chi connectivity index (χ1v) is 8.00. The van der Waals surface area contributed by atoms with Gasteiger partial charge in [0.25, 0.3) is 0 Å². The predicted octanol–water partition coefficient (Wildman–Crippen LogP) is 0.308. The fraction of sp³-hybridized carbons (Fsp3) is 0.692. The van der Waals surface area contributed by atoms with Crippen LogP contribution >= 0.6 is 0 Å². The van der Waals surface area contributed by atoms with E-state index < -0.39 is 16.1 Å². The van der Waals surface area contributed by atoms with Gasteiger partial charge in [-0.25, -0.2) is 4.72 Å². The van der Waals surface area contributed by atoms with Crippen molar-refractivity contribution in [1.82, 2.24) is 9.03 Å². The number of ketones is 1. The minimum absolute atomic E-state index is 0.0291. The normalized spacial score (nSPS) is 17.4. The second-order valence-corrected chi connectivity index (χ2v) is 6.80. The van der Waals surface area contributed by atoms with Gasteiger partial charge in [0.2, 0.25) is 11.7 Å². The average molecular weight is 300 g/mol. The summed E-state index contributed by atoms with van der Waals surface area (Å²) in [5, 5.41) is 0. The standard InChI is InChI=1S/C13H20N2O4S/c1-10(2)13(17)5-4-12-6-8-15(9-7-12)20(18,19)14-11(3)16/h10,12H,6-9H2,1-3H3,(H,14,16). The van der Waals surface area contributed by atoms with Gasteiger partial charge >= 0.3 is 10.2 Å². The first-order valence-electron chi connectivity index (χ1n) is 6.56. The minimum Gasteiger partial charge on any atom is -0.285 e. The molecule has 0 radical (unpaired) electrons. The molecule has 6 nitrogen and oxygen atoms in total. The van der Waals surface area contributed by atoms with Crippen LogP contribution < -0.4 is 4.72 Å². The van der Waals surface area contributed by atoms with Crippen LogP contribution in [0.3, 0.4) is 0 Å². The quantitative estimate of drug-likeness (QED) is 0.600. The number of carbonyl (C=O) groups excluding carboxylic acids is 2. The molecular formula is C13H20N2O4S. The Hall–Kier alpha value is -1.39. The predicted molar refractivity (Wildman–Crippen MR) is 74.7 cm³/mol. The van der Waals surface area contributed by atoms with Crippen LogP contribution in [0.5, 0.6) is 0 Å². The Morgan fingerprint density at radius 1 is 1.25 bits per heavy atom. The molecule has 0 aromatic carbocycles. The third-order valence-corrected chi connectivity index (χ3v) is 4.58. The summed E-state index contributed by atoms with van der Waals surface area (Å²) in [4.78, 5) is 22.2. The van der Waals surface area contributed by atoms with Gasteiger partial charge in [0.1, 0.15) is 0 Å². The summed E-state index contributed by atoms with van der Waals surface area (Å²) in [6.07, 6.45) is 1.13. The molecule has 1 amide bonds. The molecule has 0 aromatic heterocycles. The van der Waals surface area contributed by atoms with Gasteiger partial charge in [-0.3, -0.25) is 9.59 Å². The van der Waals surface area contributed by atoms with Crippen LogP contribution in [0.25, 0.3) is 0 Å². The van der Waals surface area contributed by atoms with Crippen molar-refractivity contribution in [1.29, 1.82) is 0 Å². The van der Waals surface area contributed by atoms with E-state index in [-0.39, 0.29) is 17.6 Å². The Morgan fingerprint density at radius 3 is 2.25 bits per heavy atom. The zero-order valence-electron chi connectivity index (χ0n) is 12.0. The third kappa shape index (κ3) is 4.94. The number of Topliss-reactive ketones (excluding diaryl/α,β-unsaturated/α-hetero) is 1. The van der Waals surface area contributed by atoms with Crippen LogP contribution in [-0.4, -0.2) is 37.5 Å². The molecule has 7 heteroatoms. The molecule has 1 saturated heterocycles. The van der Waals surface area contributed by atoms with Crippen molar-refractivity contribution in [3.8, 4) is 11.8 Å². The highest BCUT2D eigenvalue weighted by molar-refractivity contribution is 7.87. The molecule has 112 valence electrons. The molecule has 0 bridgehead atoms. The van der Waals surface area contributed by atoms with E-state index in [1.165, 1.54) is 4.31 Å². The van der Waals surface area contributed by atoms with Gasteiger partial charge in [-0.2, -0.15) is 12.7 Å². The summed E-state index contributed by atoms with van der Waals surface area (Å²) in [6, 6.07) is 0. The van der Waals surface area contributed by atoms with Gasteiger partial charge in [-0.15, -0.1) is 0 Å². The SMILES string of the molecule is CC(=O)NS(=O)(=O)N1CCC(C#CC(=O)C(C)C)CC1. The molecular weight excluding hydrogens is 280 g/mol. The van der Waals surface area contributed by atoms with Gasteiger partial charge in [-0.1, -0.05) is 19.8 Å². The van der Waals surface area contributed by atoms with Crippen molar-refractivity contribution in [3.63, 3.8) is 0 Å². The van der Waals surface area contributed by atoms with Crippen LogP contribution in [0, 0.1) is 23.7 Å². The summed E-state index contributed by atoms with van der Waals surface area (Å²) >= 11 is 0. The van der Waals surface area contributed by atoms with Crippen molar-refractivity contribution >= 4 is 21.9 Å². The minimum atomic E-state index is -3.73. The Balaban J connectivity index is 2.56. The van der Waals surface area contributed by atoms with Crippen molar-refractivity contribution < 1.29 is 18.0 Å². The summed E-state index contributed by atoms with van der Waals surface area (Å²) in [5.74, 6) is 4.74. The van der Waals surface area contributed by atoms with E-state index in [9.17, 15) is 18.0 Å². The number of amides is 1. The van der Waals surface area contributed by atoms with E-state index in [1.807, 2.05) is 4.72 Å². The fourth-order valence-corrected chi connectivity index (χ4v) is 2.99. The summed E-state index contributed by atoms with van der Waals surface area (Å²) < 4.78 is 26.7. The van der Waals surface area contributed by atoms with Crippen molar-refractivity contribution in [3.05, 3.63) is 0 Å². The van der Waals surface area contributed by atoms with Gasteiger partial charge in [0, 0.05) is 31.8 Å². The number of rotatable bonds is 3. The third-order valence-electron chi connectivity index (χ3n) is 2.99. The monoisotopic (exact) mass is 300 g/mol. The summed E-state index contributed by atoms with van der Waals surface area (Å²) in [6.45, 7) is 5.35. The first kappa shape index (κ1) is 16.7. The zero-order chi connectivity index (χ0) is 15.3. The van der Waals surface area contributed by atoms with E-state index in [2.05, 4.69) is 11.8 Å². The molecule has 0 atom stereocenters. The molecule has 1 N–H and O–H groups in total. The van der Waals surface area contributed by atoms with Crippen LogP contribution in [0.2, 0.25) is 0 Å². The molecule has 1 aliphatic heterocycles. The average Bonchev–Trinajstić information content (AvgIpc) is 2.34. The van der Waals surface area contributed by atoms with Crippen molar-refractivity contribution in [2.45, 2.75) is 33.6 Å². The number of nitrogens with one attached hydrogen (secondary N) is 1. The number of carbonyl (C=O) groups is 2. The highest BCUT2D eigenvalue weighted by atomic mass is 32.2. The summed E-state index contributed by atoms with van der Waals surface area (Å²) in [5.41, 5.74) is 0. The van der Waals surface area contributed by atoms with E-state index >= 15 is 0 Å². The Morgan fingerprint density at radius 2 is 1.80 bits per heavy atom. The molecule has 1 aliphatic rings. The Bertz CT molecular complexity index is 534. The van der Waals surface area contributed by atoms with Gasteiger partial charge in [0.15, 0.2) is 0 Å². The molecule has 0 unspecified atom stereocenters. The topological polar surface area (TPSA) is 83.6 Å². The van der Waals surface area contributed by atoms with Crippen LogP contribution in [0.1, 0.15) is 33.6 Å². The largest absolute Gasteiger partial charge is 0.303 e. The van der Waals surface area contributed by atoms with Crippen LogP contribution in [0.4, 0.5) is 0 Å². The molecule has 1 heterocycles. The highest BCUT2D eigenvalue weighted by Gasteiger charge is 2.27. The van der Waals surface area contributed by atoms with Crippen LogP contribution in [0.15, 0.2) is 0 Å². The molecule has 1 fully saturated rings. The Kier molecular flexibility index (Phi) is 5.72. The fourth-order valence-electron chi connectivity index (χ4n) is 1.80. The number of nitrogens with zero attached hydrogens (tertiary/aromatic N) is 1. The smallest absolute Gasteiger partial charge is 0.285 e. The Labute approximate surface area is 120 Å². The molecule has 0 saturated carbocycles. The molecule has 0 aromatic rings. The van der Waals surface area contributed by atoms with E-state index in [0.717, 1.165) is 6.92 Å². The maximum absolute atomic E-state index is 11.8. The van der Waals surface area contributed by atoms with Gasteiger partial charge in [-0.05, 0) is 18.8 Å². The lowest BCUT2D eigenvalue weighted by Gasteiger charge is -2.28. The second kappa shape index (κ2) is 6.86. The lowest BCUT2D eigenvalue weighted by atomic mass is 9.98. The van der Waals surface area contributed by atoms with Gasteiger partial charge in [0.05, 0.1) is 0 Å². The molecule has 1 rings (SSSR count). The van der Waals surface area contributed by atoms with E-state index in [0.29, 0.717) is 25.9 Å². The molecule has 20 heavy (non-hydrogen) atoms. The second-order valence-electron chi connectivity index (χ2n) is 5.12. The maximum Gasteiger partial charge on any atom is 0.303 e. The van der Waals surface area contributed by atoms with Crippen molar-refractivity contribution in [2.75, 3.05) is 13.1 Å². The maximum atomic E-state index is 11.8. The number of hydrogen-bond acceptors (Lipinski definition) is 4. The number of hydrogen-bond donors (Lipinski definition) is 1. The van der Waals surface area contributed by atoms with Gasteiger partial charge < -0.3 is 0 Å². The van der Waals surface area contributed by atoms with Crippen molar-refractivity contribution in [2.24, 2.45) is 11.8 Å². The summed E-state index contributed by atoms with van der Waals surface area (Å²) in [7, 11) is -3.73. The van der Waals surface area contributed by atoms with Crippen LogP contribution in [-0.2, 0) is 19.8 Å². The lowest BCUT2D eigenvalue weighted by molar-refractivity contribution is -0.117. The molecule has 0 aliphatic carbocycles. The number of piperidine rings is 1. The zero-order valence-corrected chi connectivity index (χ0v) is 12.8. The van der Waals surface area contributed by atoms with E-state index in [1.54, 1.807) is 13.8 Å². The highest BCUT2D eigenvalue weighted by Crippen LogP contribution is 2.18. The molecule has 0 spiro atoms. The lowest BCUT2D eigenvalue weighted by Crippen LogP contribution is -2.46.